The highest BCUT2D eigenvalue weighted by Crippen LogP contribution is 2.17. The van der Waals surface area contributed by atoms with Crippen molar-refractivity contribution in [2.45, 2.75) is 19.9 Å². The molecule has 0 bridgehead atoms. The second-order valence-corrected chi connectivity index (χ2v) is 4.53. The lowest BCUT2D eigenvalue weighted by molar-refractivity contribution is 0.0935. The molecule has 0 saturated heterocycles. The number of benzene rings is 1. The first-order valence-electron chi connectivity index (χ1n) is 6.16. The van der Waals surface area contributed by atoms with E-state index in [0.29, 0.717) is 11.4 Å². The second-order valence-electron chi connectivity index (χ2n) is 4.53. The zero-order valence-corrected chi connectivity index (χ0v) is 11.1. The molecule has 1 heterocycles. The van der Waals surface area contributed by atoms with E-state index in [1.54, 1.807) is 12.1 Å². The summed E-state index contributed by atoms with van der Waals surface area (Å²) < 4.78 is 0. The third-order valence-corrected chi connectivity index (χ3v) is 3.02. The highest BCUT2D eigenvalue weighted by Gasteiger charge is 2.13. The summed E-state index contributed by atoms with van der Waals surface area (Å²) in [5, 5.41) is 2.93. The van der Waals surface area contributed by atoms with Gasteiger partial charge < -0.3 is 11.1 Å². The van der Waals surface area contributed by atoms with Crippen molar-refractivity contribution in [3.63, 3.8) is 0 Å². The van der Waals surface area contributed by atoms with Gasteiger partial charge in [-0.05, 0) is 37.1 Å². The number of carbonyl (C=O) groups excluding carboxylic acids is 1. The highest BCUT2D eigenvalue weighted by molar-refractivity contribution is 5.92. The Balaban J connectivity index is 2.11. The molecule has 2 rings (SSSR count). The molecule has 2 aromatic rings. The van der Waals surface area contributed by atoms with E-state index in [1.165, 1.54) is 6.20 Å². The summed E-state index contributed by atoms with van der Waals surface area (Å²) in [7, 11) is 0. The van der Waals surface area contributed by atoms with Crippen LogP contribution in [0.4, 0.5) is 5.69 Å². The summed E-state index contributed by atoms with van der Waals surface area (Å²) in [5.74, 6) is -0.198. The van der Waals surface area contributed by atoms with E-state index >= 15 is 0 Å². The number of aromatic nitrogens is 1. The third kappa shape index (κ3) is 3.10. The summed E-state index contributed by atoms with van der Waals surface area (Å²) in [5.41, 5.74) is 8.72. The number of nitrogens with two attached hydrogens (primary N) is 1. The predicted octanol–water partition coefficient (Wildman–Crippen LogP) is 2.46. The Labute approximate surface area is 112 Å². The van der Waals surface area contributed by atoms with Gasteiger partial charge in [-0.2, -0.15) is 0 Å². The van der Waals surface area contributed by atoms with Crippen molar-refractivity contribution in [1.29, 1.82) is 0 Å². The first kappa shape index (κ1) is 13.1. The van der Waals surface area contributed by atoms with Gasteiger partial charge in [0.05, 0.1) is 17.9 Å². The normalized spacial score (nSPS) is 11.9. The van der Waals surface area contributed by atoms with E-state index in [9.17, 15) is 4.79 Å². The molecule has 0 spiro atoms. The van der Waals surface area contributed by atoms with Crippen LogP contribution in [0.15, 0.2) is 42.6 Å². The fourth-order valence-corrected chi connectivity index (χ4v) is 1.96. The van der Waals surface area contributed by atoms with Crippen molar-refractivity contribution in [1.82, 2.24) is 10.3 Å². The minimum Gasteiger partial charge on any atom is -0.397 e. The van der Waals surface area contributed by atoms with Gasteiger partial charge in [0, 0.05) is 0 Å². The lowest BCUT2D eigenvalue weighted by Crippen LogP contribution is -2.27. The van der Waals surface area contributed by atoms with Crippen LogP contribution < -0.4 is 11.1 Å². The molecule has 3 N–H and O–H groups in total. The molecular weight excluding hydrogens is 238 g/mol. The summed E-state index contributed by atoms with van der Waals surface area (Å²) in [6.45, 7) is 3.98. The molecule has 0 aliphatic heterocycles. The number of anilines is 1. The molecule has 1 amide bonds. The highest BCUT2D eigenvalue weighted by atomic mass is 16.1. The Morgan fingerprint density at radius 2 is 2.00 bits per heavy atom. The number of aryl methyl sites for hydroxylation is 1. The molecule has 1 aromatic carbocycles. The molecule has 0 unspecified atom stereocenters. The number of carbonyl (C=O) groups is 1. The van der Waals surface area contributed by atoms with Crippen LogP contribution >= 0.6 is 0 Å². The van der Waals surface area contributed by atoms with E-state index in [0.717, 1.165) is 11.1 Å². The van der Waals surface area contributed by atoms with Crippen molar-refractivity contribution in [3.05, 3.63) is 59.4 Å². The van der Waals surface area contributed by atoms with Gasteiger partial charge in [-0.1, -0.05) is 24.3 Å². The number of nitrogens with one attached hydrogen (secondary N) is 1. The molecule has 1 aromatic heterocycles. The van der Waals surface area contributed by atoms with E-state index in [4.69, 9.17) is 5.73 Å². The van der Waals surface area contributed by atoms with Crippen molar-refractivity contribution in [2.75, 3.05) is 5.73 Å². The molecule has 19 heavy (non-hydrogen) atoms. The lowest BCUT2D eigenvalue weighted by atomic mass is 10.0. The van der Waals surface area contributed by atoms with E-state index in [1.807, 2.05) is 38.1 Å². The number of nitrogen functional groups attached to an aromatic ring is 1. The van der Waals surface area contributed by atoms with E-state index < -0.39 is 0 Å². The first-order valence-corrected chi connectivity index (χ1v) is 6.16. The van der Waals surface area contributed by atoms with E-state index in [2.05, 4.69) is 10.3 Å². The molecule has 0 saturated carbocycles. The smallest absolute Gasteiger partial charge is 0.270 e. The van der Waals surface area contributed by atoms with Gasteiger partial charge in [-0.15, -0.1) is 0 Å². The number of amides is 1. The minimum atomic E-state index is -0.198. The zero-order valence-electron chi connectivity index (χ0n) is 11.1. The van der Waals surface area contributed by atoms with Crippen LogP contribution in [0.1, 0.15) is 34.6 Å². The standard InChI is InChI=1S/C15H17N3O/c1-10-5-3-4-6-13(10)11(2)18-15(19)14-8-7-12(16)9-17-14/h3-9,11H,16H2,1-2H3,(H,18,19)/t11-/m1/s1. The summed E-state index contributed by atoms with van der Waals surface area (Å²) in [4.78, 5) is 16.0. The molecule has 98 valence electrons. The SMILES string of the molecule is Cc1ccccc1[C@@H](C)NC(=O)c1ccc(N)cn1. The third-order valence-electron chi connectivity index (χ3n) is 3.02. The Kier molecular flexibility index (Phi) is 3.80. The molecule has 4 heteroatoms. The molecule has 1 atom stereocenters. The van der Waals surface area contributed by atoms with Gasteiger partial charge in [-0.3, -0.25) is 4.79 Å². The van der Waals surface area contributed by atoms with Crippen LogP contribution in [0.3, 0.4) is 0 Å². The zero-order chi connectivity index (χ0) is 13.8. The quantitative estimate of drug-likeness (QED) is 0.885. The van der Waals surface area contributed by atoms with Gasteiger partial charge in [-0.25, -0.2) is 4.98 Å². The van der Waals surface area contributed by atoms with Crippen LogP contribution in [0.2, 0.25) is 0 Å². The van der Waals surface area contributed by atoms with Gasteiger partial charge in [0.15, 0.2) is 0 Å². The summed E-state index contributed by atoms with van der Waals surface area (Å²) in [6, 6.07) is 11.2. The monoisotopic (exact) mass is 255 g/mol. The van der Waals surface area contributed by atoms with Crippen LogP contribution in [0, 0.1) is 6.92 Å². The topological polar surface area (TPSA) is 68.0 Å². The molecule has 0 aliphatic rings. The van der Waals surface area contributed by atoms with Gasteiger partial charge in [0.25, 0.3) is 5.91 Å². The van der Waals surface area contributed by atoms with Gasteiger partial charge in [0.1, 0.15) is 5.69 Å². The average Bonchev–Trinajstić information content (AvgIpc) is 2.39. The number of rotatable bonds is 3. The Hall–Kier alpha value is -2.36. The predicted molar refractivity (Wildman–Crippen MR) is 75.7 cm³/mol. The maximum absolute atomic E-state index is 12.0. The molecular formula is C15H17N3O. The minimum absolute atomic E-state index is 0.0620. The molecule has 0 radical (unpaired) electrons. The lowest BCUT2D eigenvalue weighted by Gasteiger charge is -2.16. The van der Waals surface area contributed by atoms with Crippen molar-refractivity contribution >= 4 is 11.6 Å². The van der Waals surface area contributed by atoms with Crippen LogP contribution in [-0.2, 0) is 0 Å². The van der Waals surface area contributed by atoms with Crippen LogP contribution in [0.25, 0.3) is 0 Å². The van der Waals surface area contributed by atoms with E-state index in [-0.39, 0.29) is 11.9 Å². The van der Waals surface area contributed by atoms with Crippen molar-refractivity contribution in [2.24, 2.45) is 0 Å². The first-order chi connectivity index (χ1) is 9.08. The van der Waals surface area contributed by atoms with Crippen LogP contribution in [0.5, 0.6) is 0 Å². The fraction of sp³-hybridized carbons (Fsp3) is 0.200. The summed E-state index contributed by atoms with van der Waals surface area (Å²) >= 11 is 0. The van der Waals surface area contributed by atoms with Gasteiger partial charge in [0.2, 0.25) is 0 Å². The van der Waals surface area contributed by atoms with Gasteiger partial charge >= 0.3 is 0 Å². The largest absolute Gasteiger partial charge is 0.397 e. The Morgan fingerprint density at radius 1 is 1.26 bits per heavy atom. The average molecular weight is 255 g/mol. The summed E-state index contributed by atoms with van der Waals surface area (Å²) in [6.07, 6.45) is 1.48. The Morgan fingerprint density at radius 3 is 2.63 bits per heavy atom. The van der Waals surface area contributed by atoms with Crippen molar-refractivity contribution < 1.29 is 4.79 Å². The van der Waals surface area contributed by atoms with Crippen molar-refractivity contribution in [3.8, 4) is 0 Å². The number of pyridine rings is 1. The number of nitrogens with zero attached hydrogens (tertiary/aromatic N) is 1. The second kappa shape index (κ2) is 5.52. The maximum atomic E-state index is 12.0. The number of hydrogen-bond acceptors (Lipinski definition) is 3. The fourth-order valence-electron chi connectivity index (χ4n) is 1.96. The molecule has 4 nitrogen and oxygen atoms in total. The molecule has 0 fully saturated rings. The Bertz CT molecular complexity index is 578. The number of hydrogen-bond donors (Lipinski definition) is 2. The maximum Gasteiger partial charge on any atom is 0.270 e. The van der Waals surface area contributed by atoms with Crippen LogP contribution in [-0.4, -0.2) is 10.9 Å². The molecule has 0 aliphatic carbocycles.